The van der Waals surface area contributed by atoms with Crippen molar-refractivity contribution >= 4 is 0 Å². The van der Waals surface area contributed by atoms with Crippen molar-refractivity contribution in [1.82, 2.24) is 0 Å². The highest BCUT2D eigenvalue weighted by molar-refractivity contribution is 5.71. The van der Waals surface area contributed by atoms with Crippen molar-refractivity contribution in [2.75, 3.05) is 6.61 Å². The summed E-state index contributed by atoms with van der Waals surface area (Å²) < 4.78 is 96.5. The first-order valence-electron chi connectivity index (χ1n) is 14.5. The van der Waals surface area contributed by atoms with Crippen LogP contribution in [0.1, 0.15) is 62.5 Å². The second-order valence-electron chi connectivity index (χ2n) is 10.9. The van der Waals surface area contributed by atoms with Gasteiger partial charge in [0.2, 0.25) is 0 Å². The maximum atomic E-state index is 14.9. The molecular weight excluding hydrogens is 566 g/mol. The minimum Gasteiger partial charge on any atom is -0.493 e. The van der Waals surface area contributed by atoms with Gasteiger partial charge in [-0.25, -0.2) is 17.6 Å². The molecule has 0 N–H and O–H groups in total. The minimum absolute atomic E-state index is 0.145. The molecule has 0 unspecified atom stereocenters. The third-order valence-electron chi connectivity index (χ3n) is 7.92. The minimum atomic E-state index is -3.76. The molecule has 1 aliphatic rings. The van der Waals surface area contributed by atoms with E-state index in [-0.39, 0.29) is 22.8 Å². The number of hydrogen-bond acceptors (Lipinski definition) is 2. The average molecular weight is 599 g/mol. The van der Waals surface area contributed by atoms with Crippen LogP contribution in [-0.2, 0) is 10.8 Å². The second-order valence-corrected chi connectivity index (χ2v) is 10.9. The first kappa shape index (κ1) is 30.7. The van der Waals surface area contributed by atoms with E-state index >= 15 is 0 Å². The topological polar surface area (TPSA) is 18.5 Å². The maximum Gasteiger partial charge on any atom is 0.386 e. The molecule has 0 bridgehead atoms. The predicted octanol–water partition coefficient (Wildman–Crippen LogP) is 10.5. The first-order valence-corrected chi connectivity index (χ1v) is 14.5. The molecular formula is C35H32F6O2. The molecule has 0 aromatic heterocycles. The molecule has 4 aromatic carbocycles. The lowest BCUT2D eigenvalue weighted by molar-refractivity contribution is -0.278. The van der Waals surface area contributed by atoms with Gasteiger partial charge >= 0.3 is 6.11 Å². The monoisotopic (exact) mass is 598 g/mol. The Labute approximate surface area is 247 Å². The van der Waals surface area contributed by atoms with Gasteiger partial charge in [0, 0.05) is 11.6 Å². The lowest BCUT2D eigenvalue weighted by atomic mass is 9.82. The summed E-state index contributed by atoms with van der Waals surface area (Å²) in [5.74, 6) is -3.31. The number of unbranched alkanes of at least 4 members (excludes halogenated alkanes) is 1. The summed E-state index contributed by atoms with van der Waals surface area (Å²) >= 11 is 0. The molecule has 226 valence electrons. The fourth-order valence-corrected chi connectivity index (χ4v) is 5.48. The van der Waals surface area contributed by atoms with Crippen LogP contribution < -0.4 is 4.74 Å². The van der Waals surface area contributed by atoms with Crippen LogP contribution in [0.2, 0.25) is 0 Å². The summed E-state index contributed by atoms with van der Waals surface area (Å²) in [6, 6.07) is 18.8. The van der Waals surface area contributed by atoms with Crippen molar-refractivity contribution in [3.63, 3.8) is 0 Å². The van der Waals surface area contributed by atoms with Crippen LogP contribution in [0.15, 0.2) is 78.9 Å². The Morgan fingerprint density at radius 1 is 0.674 bits per heavy atom. The summed E-state index contributed by atoms with van der Waals surface area (Å²) in [7, 11) is 0. The third kappa shape index (κ3) is 7.24. The quantitative estimate of drug-likeness (QED) is 0.134. The fraction of sp³-hybridized carbons (Fsp3) is 0.314. The summed E-state index contributed by atoms with van der Waals surface area (Å²) in [5.41, 5.74) is 2.05. The van der Waals surface area contributed by atoms with Crippen LogP contribution >= 0.6 is 0 Å². The van der Waals surface area contributed by atoms with Crippen molar-refractivity contribution in [3.05, 3.63) is 113 Å². The van der Waals surface area contributed by atoms with E-state index in [1.807, 2.05) is 31.2 Å². The van der Waals surface area contributed by atoms with E-state index in [1.54, 1.807) is 6.07 Å². The first-order chi connectivity index (χ1) is 20.6. The predicted molar refractivity (Wildman–Crippen MR) is 154 cm³/mol. The SMILES string of the molecule is CCCCOc1ccc(C(F)(F)OC2CCC(c3ccc(-c4ccc(-c5ccc(F)c(F)c5)c(F)c4)cc3)CC2)c(F)c1. The Kier molecular flexibility index (Phi) is 9.45. The Morgan fingerprint density at radius 3 is 2.00 bits per heavy atom. The number of benzene rings is 4. The van der Waals surface area contributed by atoms with E-state index in [9.17, 15) is 26.3 Å². The number of hydrogen-bond donors (Lipinski definition) is 0. The molecule has 5 rings (SSSR count). The largest absolute Gasteiger partial charge is 0.493 e. The van der Waals surface area contributed by atoms with E-state index in [0.29, 0.717) is 37.9 Å². The van der Waals surface area contributed by atoms with Gasteiger partial charge in [0.15, 0.2) is 11.6 Å². The van der Waals surface area contributed by atoms with E-state index in [2.05, 4.69) is 0 Å². The third-order valence-corrected chi connectivity index (χ3v) is 7.92. The average Bonchev–Trinajstić information content (AvgIpc) is 2.99. The highest BCUT2D eigenvalue weighted by Gasteiger charge is 2.40. The van der Waals surface area contributed by atoms with Gasteiger partial charge in [0.25, 0.3) is 0 Å². The van der Waals surface area contributed by atoms with E-state index < -0.39 is 41.0 Å². The van der Waals surface area contributed by atoms with Crippen molar-refractivity contribution in [3.8, 4) is 28.0 Å². The Balaban J connectivity index is 1.18. The Bertz CT molecular complexity index is 1540. The zero-order chi connectivity index (χ0) is 30.6. The van der Waals surface area contributed by atoms with Gasteiger partial charge in [-0.05, 0) is 90.6 Å². The zero-order valence-electron chi connectivity index (χ0n) is 23.7. The van der Waals surface area contributed by atoms with Crippen molar-refractivity contribution in [2.24, 2.45) is 0 Å². The number of ether oxygens (including phenoxy) is 2. The molecule has 1 fully saturated rings. The molecule has 0 spiro atoms. The molecule has 0 radical (unpaired) electrons. The lowest BCUT2D eigenvalue weighted by Crippen LogP contribution is -2.30. The second kappa shape index (κ2) is 13.2. The zero-order valence-corrected chi connectivity index (χ0v) is 23.7. The Morgan fingerprint density at radius 2 is 1.35 bits per heavy atom. The normalized spacial score (nSPS) is 17.2. The smallest absolute Gasteiger partial charge is 0.386 e. The van der Waals surface area contributed by atoms with Crippen LogP contribution in [0.25, 0.3) is 22.3 Å². The molecule has 0 aliphatic heterocycles. The molecule has 0 atom stereocenters. The molecule has 2 nitrogen and oxygen atoms in total. The number of alkyl halides is 2. The molecule has 1 aliphatic carbocycles. The van der Waals surface area contributed by atoms with E-state index in [0.717, 1.165) is 48.2 Å². The van der Waals surface area contributed by atoms with Crippen molar-refractivity contribution in [1.29, 1.82) is 0 Å². The summed E-state index contributed by atoms with van der Waals surface area (Å²) in [6.07, 6.45) is -0.719. The summed E-state index contributed by atoms with van der Waals surface area (Å²) in [5, 5.41) is 0. The number of halogens is 6. The van der Waals surface area contributed by atoms with Gasteiger partial charge in [-0.2, -0.15) is 8.78 Å². The van der Waals surface area contributed by atoms with Crippen LogP contribution in [0.5, 0.6) is 5.75 Å². The molecule has 0 amide bonds. The molecule has 43 heavy (non-hydrogen) atoms. The van der Waals surface area contributed by atoms with Crippen molar-refractivity contribution in [2.45, 2.75) is 63.6 Å². The van der Waals surface area contributed by atoms with Crippen LogP contribution in [-0.4, -0.2) is 12.7 Å². The fourth-order valence-electron chi connectivity index (χ4n) is 5.48. The van der Waals surface area contributed by atoms with Gasteiger partial charge in [-0.1, -0.05) is 55.8 Å². The molecule has 0 heterocycles. The van der Waals surface area contributed by atoms with Gasteiger partial charge in [-0.3, -0.25) is 0 Å². The molecule has 1 saturated carbocycles. The number of rotatable bonds is 10. The van der Waals surface area contributed by atoms with Gasteiger partial charge in [0.1, 0.15) is 17.4 Å². The molecule has 8 heteroatoms. The summed E-state index contributed by atoms with van der Waals surface area (Å²) in [4.78, 5) is 0. The maximum absolute atomic E-state index is 14.9. The van der Waals surface area contributed by atoms with Gasteiger partial charge in [0.05, 0.1) is 18.3 Å². The van der Waals surface area contributed by atoms with E-state index in [1.165, 1.54) is 24.3 Å². The molecule has 0 saturated heterocycles. The van der Waals surface area contributed by atoms with Gasteiger partial charge < -0.3 is 9.47 Å². The van der Waals surface area contributed by atoms with Gasteiger partial charge in [-0.15, -0.1) is 0 Å². The summed E-state index contributed by atoms with van der Waals surface area (Å²) in [6.45, 7) is 2.38. The van der Waals surface area contributed by atoms with E-state index in [4.69, 9.17) is 9.47 Å². The van der Waals surface area contributed by atoms with Crippen LogP contribution in [0.3, 0.4) is 0 Å². The lowest BCUT2D eigenvalue weighted by Gasteiger charge is -2.31. The van der Waals surface area contributed by atoms with Crippen LogP contribution in [0.4, 0.5) is 26.3 Å². The standard InChI is InChI=1S/C35H32F6O2/c1-2-3-18-42-28-14-16-30(33(38)21-28)35(40,41)43-27-12-8-23(9-13-27)22-4-6-24(7-5-22)25-10-15-29(32(37)19-25)26-11-17-31(36)34(39)20-26/h4-7,10-11,14-17,19-21,23,27H,2-3,8-9,12-13,18H2,1H3. The Hall–Kier alpha value is -3.78. The van der Waals surface area contributed by atoms with Crippen molar-refractivity contribution < 1.29 is 35.8 Å². The highest BCUT2D eigenvalue weighted by atomic mass is 19.3. The highest BCUT2D eigenvalue weighted by Crippen LogP contribution is 2.40. The van der Waals surface area contributed by atoms with Crippen LogP contribution in [0, 0.1) is 23.3 Å². The molecule has 4 aromatic rings.